The Kier molecular flexibility index (Phi) is 42.5. The van der Waals surface area contributed by atoms with Gasteiger partial charge in [0, 0.05) is 0 Å². The monoisotopic (exact) mass is 164 g/mol. The van der Waals surface area contributed by atoms with Gasteiger partial charge in [0.05, 0.1) is 26.4 Å². The molecule has 0 saturated heterocycles. The molecule has 0 unspecified atom stereocenters. The van der Waals surface area contributed by atoms with Crippen molar-refractivity contribution in [1.29, 1.82) is 0 Å². The molecule has 0 bridgehead atoms. The molecule has 0 aliphatic carbocycles. The number of aliphatic hydroxyl groups is 4. The first-order valence-corrected chi connectivity index (χ1v) is 2.26. The molecule has 0 aromatic carbocycles. The Labute approximate surface area is 96.9 Å². The average molecular weight is 164 g/mol. The fraction of sp³-hybridized carbons (Fsp3) is 1.00. The van der Waals surface area contributed by atoms with Gasteiger partial charge in [0.15, 0.2) is 0 Å². The Hall–Kier alpha value is 1.48. The molecular weight excluding hydrogens is 151 g/mol. The molecule has 0 aromatic heterocycles. The first-order valence-electron chi connectivity index (χ1n) is 2.26. The molecule has 54 valence electrons. The zero-order valence-corrected chi connectivity index (χ0v) is 4.62. The SMILES string of the molecule is OCCO.OCCO.[KH]. The van der Waals surface area contributed by atoms with Gasteiger partial charge in [-0.25, -0.2) is 0 Å². The van der Waals surface area contributed by atoms with Crippen LogP contribution in [0.15, 0.2) is 0 Å². The van der Waals surface area contributed by atoms with Crippen LogP contribution >= 0.6 is 0 Å². The Balaban J connectivity index is -0.0000000720. The zero-order chi connectivity index (χ0) is 6.83. The van der Waals surface area contributed by atoms with Crippen molar-refractivity contribution in [2.24, 2.45) is 0 Å². The van der Waals surface area contributed by atoms with E-state index in [-0.39, 0.29) is 77.8 Å². The Bertz CT molecular complexity index is 20.5. The van der Waals surface area contributed by atoms with Crippen molar-refractivity contribution < 1.29 is 20.4 Å². The Morgan fingerprint density at radius 1 is 0.556 bits per heavy atom. The fourth-order valence-corrected chi connectivity index (χ4v) is 0. The van der Waals surface area contributed by atoms with Crippen molar-refractivity contribution in [3.8, 4) is 0 Å². The second-order valence-electron chi connectivity index (χ2n) is 0.894. The molecule has 0 radical (unpaired) electrons. The summed E-state index contributed by atoms with van der Waals surface area (Å²) in [6.07, 6.45) is 0. The van der Waals surface area contributed by atoms with E-state index in [4.69, 9.17) is 20.4 Å². The van der Waals surface area contributed by atoms with Gasteiger partial charge >= 0.3 is 51.4 Å². The molecule has 0 saturated carbocycles. The molecule has 4 nitrogen and oxygen atoms in total. The van der Waals surface area contributed by atoms with E-state index < -0.39 is 0 Å². The topological polar surface area (TPSA) is 80.9 Å². The second-order valence-corrected chi connectivity index (χ2v) is 0.894. The molecule has 5 heteroatoms. The van der Waals surface area contributed by atoms with Crippen molar-refractivity contribution >= 4 is 51.4 Å². The molecule has 0 rings (SSSR count). The van der Waals surface area contributed by atoms with E-state index in [1.807, 2.05) is 0 Å². The third kappa shape index (κ3) is 43.8. The summed E-state index contributed by atoms with van der Waals surface area (Å²) in [7, 11) is 0. The van der Waals surface area contributed by atoms with Crippen molar-refractivity contribution in [2.75, 3.05) is 26.4 Å². The summed E-state index contributed by atoms with van der Waals surface area (Å²) in [5, 5.41) is 30.5. The molecule has 0 atom stereocenters. The number of hydrogen-bond donors (Lipinski definition) is 4. The van der Waals surface area contributed by atoms with Gasteiger partial charge in [-0.1, -0.05) is 0 Å². The van der Waals surface area contributed by atoms with E-state index in [9.17, 15) is 0 Å². The molecule has 0 heterocycles. The summed E-state index contributed by atoms with van der Waals surface area (Å²) in [4.78, 5) is 0. The number of hydrogen-bond acceptors (Lipinski definition) is 4. The van der Waals surface area contributed by atoms with Gasteiger partial charge in [-0.3, -0.25) is 0 Å². The van der Waals surface area contributed by atoms with Crippen LogP contribution in [-0.4, -0.2) is 98.2 Å². The van der Waals surface area contributed by atoms with Crippen LogP contribution in [0.25, 0.3) is 0 Å². The van der Waals surface area contributed by atoms with E-state index in [2.05, 4.69) is 0 Å². The van der Waals surface area contributed by atoms with Crippen molar-refractivity contribution in [3.05, 3.63) is 0 Å². The van der Waals surface area contributed by atoms with Crippen LogP contribution in [0.2, 0.25) is 0 Å². The third-order valence-electron chi connectivity index (χ3n) is 0.200. The van der Waals surface area contributed by atoms with Crippen LogP contribution in [0.4, 0.5) is 0 Å². The van der Waals surface area contributed by atoms with Crippen LogP contribution in [0.1, 0.15) is 0 Å². The van der Waals surface area contributed by atoms with Crippen LogP contribution in [-0.2, 0) is 0 Å². The molecule has 0 amide bonds. The van der Waals surface area contributed by atoms with Gasteiger partial charge in [0.1, 0.15) is 0 Å². The predicted molar refractivity (Wildman–Crippen MR) is 35.5 cm³/mol. The summed E-state index contributed by atoms with van der Waals surface area (Å²) in [6, 6.07) is 0. The van der Waals surface area contributed by atoms with Gasteiger partial charge in [-0.05, 0) is 0 Å². The first kappa shape index (κ1) is 16.8. The van der Waals surface area contributed by atoms with Crippen LogP contribution in [0.5, 0.6) is 0 Å². The van der Waals surface area contributed by atoms with E-state index in [1.54, 1.807) is 0 Å². The van der Waals surface area contributed by atoms with Gasteiger partial charge in [0.25, 0.3) is 0 Å². The summed E-state index contributed by atoms with van der Waals surface area (Å²) in [5.41, 5.74) is 0. The normalized spacial score (nSPS) is 6.67. The molecule has 4 N–H and O–H groups in total. The minimum absolute atomic E-state index is 0. The molecule has 0 aliphatic heterocycles. The summed E-state index contributed by atoms with van der Waals surface area (Å²) < 4.78 is 0. The van der Waals surface area contributed by atoms with Gasteiger partial charge in [0.2, 0.25) is 0 Å². The molecule has 0 fully saturated rings. The van der Waals surface area contributed by atoms with Gasteiger partial charge in [-0.15, -0.1) is 0 Å². The zero-order valence-electron chi connectivity index (χ0n) is 4.62. The predicted octanol–water partition coefficient (Wildman–Crippen LogP) is -2.71. The van der Waals surface area contributed by atoms with Crippen LogP contribution in [0.3, 0.4) is 0 Å². The fourth-order valence-electron chi connectivity index (χ4n) is 0. The Morgan fingerprint density at radius 3 is 0.667 bits per heavy atom. The minimum atomic E-state index is -0.125. The Morgan fingerprint density at radius 2 is 0.667 bits per heavy atom. The second kappa shape index (κ2) is 22.7. The molecule has 0 aliphatic rings. The first-order chi connectivity index (χ1) is 3.83. The van der Waals surface area contributed by atoms with Gasteiger partial charge in [-0.2, -0.15) is 0 Å². The van der Waals surface area contributed by atoms with Crippen molar-refractivity contribution in [3.63, 3.8) is 0 Å². The van der Waals surface area contributed by atoms with Crippen LogP contribution in [0, 0.1) is 0 Å². The summed E-state index contributed by atoms with van der Waals surface area (Å²) in [5.74, 6) is 0. The standard InChI is InChI=1S/2C2H6O2.K.H/c2*3-1-2-4;;/h2*3-4H,1-2H2;;. The molecular formula is C4H13KO4. The third-order valence-corrected chi connectivity index (χ3v) is 0.200. The van der Waals surface area contributed by atoms with Gasteiger partial charge < -0.3 is 20.4 Å². The number of rotatable bonds is 2. The summed E-state index contributed by atoms with van der Waals surface area (Å²) >= 11 is 0. The van der Waals surface area contributed by atoms with E-state index >= 15 is 0 Å². The maximum absolute atomic E-state index is 7.62. The van der Waals surface area contributed by atoms with Crippen molar-refractivity contribution in [1.82, 2.24) is 0 Å². The van der Waals surface area contributed by atoms with E-state index in [0.717, 1.165) is 0 Å². The van der Waals surface area contributed by atoms with Crippen molar-refractivity contribution in [2.45, 2.75) is 0 Å². The summed E-state index contributed by atoms with van der Waals surface area (Å²) in [6.45, 7) is -0.500. The molecule has 9 heavy (non-hydrogen) atoms. The number of aliphatic hydroxyl groups excluding tert-OH is 4. The van der Waals surface area contributed by atoms with E-state index in [0.29, 0.717) is 0 Å². The maximum atomic E-state index is 7.62. The average Bonchev–Trinajstić information content (AvgIpc) is 1.88. The van der Waals surface area contributed by atoms with E-state index in [1.165, 1.54) is 0 Å². The molecule has 0 spiro atoms. The molecule has 0 aromatic rings. The quantitative estimate of drug-likeness (QED) is 0.335. The van der Waals surface area contributed by atoms with Crippen LogP contribution < -0.4 is 0 Å².